The fourth-order valence-electron chi connectivity index (χ4n) is 4.64. The number of aliphatic hydroxyl groups is 1. The van der Waals surface area contributed by atoms with Crippen LogP contribution < -0.4 is 0 Å². The number of fused-ring (bicyclic) bond motifs is 1. The van der Waals surface area contributed by atoms with E-state index in [1.54, 1.807) is 0 Å². The van der Waals surface area contributed by atoms with Gasteiger partial charge in [0.05, 0.1) is 26.2 Å². The lowest BCUT2D eigenvalue weighted by atomic mass is 9.92. The van der Waals surface area contributed by atoms with Gasteiger partial charge in [0.2, 0.25) is 0 Å². The van der Waals surface area contributed by atoms with Gasteiger partial charge < -0.3 is 14.6 Å². The zero-order chi connectivity index (χ0) is 19.1. The van der Waals surface area contributed by atoms with Gasteiger partial charge in [-0.2, -0.15) is 0 Å². The highest BCUT2D eigenvalue weighted by Gasteiger charge is 2.59. The molecule has 1 aromatic carbocycles. The first-order chi connectivity index (χ1) is 13.2. The van der Waals surface area contributed by atoms with Gasteiger partial charge in [0.25, 0.3) is 0 Å². The molecule has 2 aliphatic rings. The molecule has 4 nitrogen and oxygen atoms in total. The van der Waals surface area contributed by atoms with Gasteiger partial charge in [0, 0.05) is 6.61 Å². The maximum atomic E-state index is 11.0. The van der Waals surface area contributed by atoms with Gasteiger partial charge in [-0.25, -0.2) is 0 Å². The van der Waals surface area contributed by atoms with Crippen LogP contribution in [0.2, 0.25) is 0 Å². The number of hydrogen-bond donors (Lipinski definition) is 1. The Morgan fingerprint density at radius 3 is 2.85 bits per heavy atom. The number of aliphatic hydroxyl groups excluding tert-OH is 1. The summed E-state index contributed by atoms with van der Waals surface area (Å²) in [5, 5.41) is 10.3. The third kappa shape index (κ3) is 5.66. The first-order valence-electron chi connectivity index (χ1n) is 10.2. The fourth-order valence-corrected chi connectivity index (χ4v) is 4.64. The lowest BCUT2D eigenvalue weighted by Crippen LogP contribution is -2.20. The SMILES string of the molecule is COC(=O)CCOCCC[C@@H]1C(O)C[C@H]2C(C=CCCc3ccccc3)[C@@H]12. The van der Waals surface area contributed by atoms with Gasteiger partial charge in [-0.05, 0) is 61.3 Å². The molecule has 2 saturated carbocycles. The molecule has 0 heterocycles. The number of carbonyl (C=O) groups is 1. The van der Waals surface area contributed by atoms with E-state index in [1.165, 1.54) is 12.7 Å². The number of rotatable bonds is 11. The number of allylic oxidation sites excluding steroid dienone is 2. The monoisotopic (exact) mass is 372 g/mol. The smallest absolute Gasteiger partial charge is 0.307 e. The Morgan fingerprint density at radius 1 is 1.26 bits per heavy atom. The summed E-state index contributed by atoms with van der Waals surface area (Å²) in [6, 6.07) is 10.6. The topological polar surface area (TPSA) is 55.8 Å². The van der Waals surface area contributed by atoms with Crippen LogP contribution in [0.3, 0.4) is 0 Å². The van der Waals surface area contributed by atoms with Gasteiger partial charge >= 0.3 is 5.97 Å². The van der Waals surface area contributed by atoms with Crippen LogP contribution in [0, 0.1) is 23.7 Å². The molecule has 27 heavy (non-hydrogen) atoms. The normalized spacial score (nSPS) is 29.0. The van der Waals surface area contributed by atoms with Crippen molar-refractivity contribution >= 4 is 5.97 Å². The van der Waals surface area contributed by atoms with Crippen molar-refractivity contribution in [1.82, 2.24) is 0 Å². The molecule has 1 N–H and O–H groups in total. The summed E-state index contributed by atoms with van der Waals surface area (Å²) in [5.41, 5.74) is 1.39. The minimum Gasteiger partial charge on any atom is -0.469 e. The summed E-state index contributed by atoms with van der Waals surface area (Å²) < 4.78 is 10.1. The Bertz CT molecular complexity index is 612. The van der Waals surface area contributed by atoms with Gasteiger partial charge in [0.1, 0.15) is 0 Å². The molecule has 4 heteroatoms. The van der Waals surface area contributed by atoms with Crippen molar-refractivity contribution in [2.75, 3.05) is 20.3 Å². The molecular formula is C23H32O4. The second kappa shape index (κ2) is 10.0. The van der Waals surface area contributed by atoms with Gasteiger partial charge in [-0.1, -0.05) is 42.5 Å². The summed E-state index contributed by atoms with van der Waals surface area (Å²) in [5.74, 6) is 2.17. The van der Waals surface area contributed by atoms with Crippen molar-refractivity contribution in [3.05, 3.63) is 48.0 Å². The van der Waals surface area contributed by atoms with E-state index in [0.717, 1.165) is 32.1 Å². The molecule has 0 saturated heterocycles. The predicted molar refractivity (Wildman–Crippen MR) is 105 cm³/mol. The minimum absolute atomic E-state index is 0.149. The molecule has 0 aliphatic heterocycles. The highest BCUT2D eigenvalue weighted by Crippen LogP contribution is 2.62. The molecule has 2 unspecified atom stereocenters. The van der Waals surface area contributed by atoms with Gasteiger partial charge in [0.15, 0.2) is 0 Å². The zero-order valence-electron chi connectivity index (χ0n) is 16.3. The average molecular weight is 373 g/mol. The molecule has 5 atom stereocenters. The Morgan fingerprint density at radius 2 is 2.07 bits per heavy atom. The summed E-state index contributed by atoms with van der Waals surface area (Å²) in [7, 11) is 1.39. The van der Waals surface area contributed by atoms with Crippen molar-refractivity contribution in [3.63, 3.8) is 0 Å². The molecule has 0 spiro atoms. The third-order valence-corrected chi connectivity index (χ3v) is 6.10. The van der Waals surface area contributed by atoms with Crippen molar-refractivity contribution in [1.29, 1.82) is 0 Å². The van der Waals surface area contributed by atoms with E-state index in [2.05, 4.69) is 47.2 Å². The molecule has 0 amide bonds. The number of esters is 1. The van der Waals surface area contributed by atoms with Crippen LogP contribution >= 0.6 is 0 Å². The summed E-state index contributed by atoms with van der Waals surface area (Å²) in [6.07, 6.45) is 9.96. The maximum Gasteiger partial charge on any atom is 0.307 e. The Balaban J connectivity index is 1.32. The molecule has 1 aromatic rings. The number of hydrogen-bond acceptors (Lipinski definition) is 4. The molecule has 2 aliphatic carbocycles. The van der Waals surface area contributed by atoms with Crippen LogP contribution in [0.4, 0.5) is 0 Å². The second-order valence-electron chi connectivity index (χ2n) is 7.82. The zero-order valence-corrected chi connectivity index (χ0v) is 16.3. The lowest BCUT2D eigenvalue weighted by molar-refractivity contribution is -0.141. The highest BCUT2D eigenvalue weighted by molar-refractivity contribution is 5.69. The highest BCUT2D eigenvalue weighted by atomic mass is 16.5. The molecule has 148 valence electrons. The molecular weight excluding hydrogens is 340 g/mol. The number of benzene rings is 1. The third-order valence-electron chi connectivity index (χ3n) is 6.10. The molecule has 3 rings (SSSR count). The van der Waals surface area contributed by atoms with Crippen LogP contribution in [-0.2, 0) is 20.7 Å². The number of methoxy groups -OCH3 is 1. The van der Waals surface area contributed by atoms with Gasteiger partial charge in [-0.15, -0.1) is 0 Å². The Labute approximate surface area is 162 Å². The number of carbonyl (C=O) groups excluding carboxylic acids is 1. The predicted octanol–water partition coefficient (Wildman–Crippen LogP) is 3.78. The first-order valence-corrected chi connectivity index (χ1v) is 10.2. The average Bonchev–Trinajstić information content (AvgIpc) is 3.25. The number of ether oxygens (including phenoxy) is 2. The largest absolute Gasteiger partial charge is 0.469 e. The molecule has 0 aromatic heterocycles. The van der Waals surface area contributed by atoms with E-state index in [0.29, 0.717) is 43.3 Å². The van der Waals surface area contributed by atoms with Crippen molar-refractivity contribution < 1.29 is 19.4 Å². The lowest BCUT2D eigenvalue weighted by Gasteiger charge is -2.19. The first kappa shape index (κ1) is 20.1. The molecule has 0 bridgehead atoms. The maximum absolute atomic E-state index is 11.0. The van der Waals surface area contributed by atoms with Crippen LogP contribution in [-0.4, -0.2) is 37.5 Å². The Kier molecular flexibility index (Phi) is 7.48. The van der Waals surface area contributed by atoms with Crippen molar-refractivity contribution in [2.24, 2.45) is 23.7 Å². The fraction of sp³-hybridized carbons (Fsp3) is 0.609. The van der Waals surface area contributed by atoms with Crippen LogP contribution in [0.25, 0.3) is 0 Å². The van der Waals surface area contributed by atoms with Crippen molar-refractivity contribution in [2.45, 2.75) is 44.6 Å². The van der Waals surface area contributed by atoms with E-state index in [9.17, 15) is 9.90 Å². The van der Waals surface area contributed by atoms with E-state index in [1.807, 2.05) is 0 Å². The van der Waals surface area contributed by atoms with Crippen molar-refractivity contribution in [3.8, 4) is 0 Å². The van der Waals surface area contributed by atoms with E-state index < -0.39 is 0 Å². The van der Waals surface area contributed by atoms with Gasteiger partial charge in [-0.3, -0.25) is 4.79 Å². The summed E-state index contributed by atoms with van der Waals surface area (Å²) in [4.78, 5) is 11.0. The van der Waals surface area contributed by atoms with E-state index >= 15 is 0 Å². The molecule has 2 fully saturated rings. The second-order valence-corrected chi connectivity index (χ2v) is 7.82. The quantitative estimate of drug-likeness (QED) is 0.365. The minimum atomic E-state index is -0.232. The summed E-state index contributed by atoms with van der Waals surface area (Å²) in [6.45, 7) is 1.06. The summed E-state index contributed by atoms with van der Waals surface area (Å²) >= 11 is 0. The number of aryl methyl sites for hydroxylation is 1. The van der Waals surface area contributed by atoms with Crippen LogP contribution in [0.15, 0.2) is 42.5 Å². The van der Waals surface area contributed by atoms with E-state index in [-0.39, 0.29) is 12.1 Å². The van der Waals surface area contributed by atoms with Crippen LogP contribution in [0.1, 0.15) is 37.7 Å². The Hall–Kier alpha value is -1.65. The van der Waals surface area contributed by atoms with Crippen LogP contribution in [0.5, 0.6) is 0 Å². The molecule has 0 radical (unpaired) electrons. The van der Waals surface area contributed by atoms with E-state index in [4.69, 9.17) is 4.74 Å². The standard InChI is InChI=1S/C23H32O4/c1-26-22(25)13-15-27-14-7-12-19-21(24)16-20-18(23(19)20)11-6-5-10-17-8-3-2-4-9-17/h2-4,6,8-9,11,18-21,23-24H,5,7,10,12-16H2,1H3/t18?,19-,20+,21?,23+/m1/s1.